The number of nitrogens with zero attached hydrogens (tertiary/aromatic N) is 2. The molecule has 0 saturated heterocycles. The van der Waals surface area contributed by atoms with E-state index in [2.05, 4.69) is 70.6 Å². The third-order valence-electron chi connectivity index (χ3n) is 4.08. The lowest BCUT2D eigenvalue weighted by molar-refractivity contribution is 0.798. The Morgan fingerprint density at radius 2 is 2.04 bits per heavy atom. The number of nitrogens with one attached hydrogen (secondary N) is 3. The quantitative estimate of drug-likeness (QED) is 0.280. The highest BCUT2D eigenvalue weighted by molar-refractivity contribution is 14.0. The summed E-state index contributed by atoms with van der Waals surface area (Å²) in [5.41, 5.74) is 3.81. The standard InChI is InChI=1S/C19H25N5S.HI/c1-4-20-19(23-12-18-22-11-13(2)25-18)21-10-9-15-14(3)24-17-8-6-5-7-16(15)17;/h5-8,11,24H,4,9-10,12H2,1-3H3,(H2,20,21,23);1H. The molecular weight excluding hydrogens is 457 g/mol. The second kappa shape index (κ2) is 9.91. The highest BCUT2D eigenvalue weighted by Crippen LogP contribution is 2.21. The molecule has 0 fully saturated rings. The number of halogens is 1. The zero-order chi connectivity index (χ0) is 17.6. The number of H-pyrrole nitrogens is 1. The molecule has 0 bridgehead atoms. The summed E-state index contributed by atoms with van der Waals surface area (Å²) in [6.45, 7) is 8.58. The number of aryl methyl sites for hydroxylation is 2. The van der Waals surface area contributed by atoms with Crippen molar-refractivity contribution in [1.82, 2.24) is 20.6 Å². The molecule has 3 N–H and O–H groups in total. The van der Waals surface area contributed by atoms with Crippen LogP contribution >= 0.6 is 35.3 Å². The van der Waals surface area contributed by atoms with Gasteiger partial charge in [-0.15, -0.1) is 35.3 Å². The molecule has 2 heterocycles. The zero-order valence-electron chi connectivity index (χ0n) is 15.4. The molecule has 5 nitrogen and oxygen atoms in total. The SMILES string of the molecule is CCNC(=NCc1ncc(C)s1)NCCc1c(C)[nH]c2ccccc12.I. The molecule has 26 heavy (non-hydrogen) atoms. The summed E-state index contributed by atoms with van der Waals surface area (Å²) < 4.78 is 0. The fourth-order valence-electron chi connectivity index (χ4n) is 2.93. The number of rotatable bonds is 6. The molecule has 1 aromatic carbocycles. The largest absolute Gasteiger partial charge is 0.358 e. The van der Waals surface area contributed by atoms with E-state index in [1.807, 2.05) is 6.20 Å². The number of guanidine groups is 1. The van der Waals surface area contributed by atoms with Gasteiger partial charge in [0.05, 0.1) is 6.54 Å². The number of aliphatic imine (C=N–C) groups is 1. The Hall–Kier alpha value is -1.61. The van der Waals surface area contributed by atoms with Crippen molar-refractivity contribution in [1.29, 1.82) is 0 Å². The average molecular weight is 483 g/mol. The van der Waals surface area contributed by atoms with Gasteiger partial charge in [-0.1, -0.05) is 18.2 Å². The second-order valence-electron chi connectivity index (χ2n) is 6.01. The van der Waals surface area contributed by atoms with Crippen LogP contribution in [0.3, 0.4) is 0 Å². The van der Waals surface area contributed by atoms with E-state index in [0.717, 1.165) is 30.5 Å². The van der Waals surface area contributed by atoms with E-state index in [1.54, 1.807) is 11.3 Å². The molecule has 140 valence electrons. The van der Waals surface area contributed by atoms with Gasteiger partial charge in [0.15, 0.2) is 5.96 Å². The lowest BCUT2D eigenvalue weighted by Gasteiger charge is -2.11. The predicted molar refractivity (Wildman–Crippen MR) is 122 cm³/mol. The molecule has 0 spiro atoms. The van der Waals surface area contributed by atoms with E-state index in [4.69, 9.17) is 0 Å². The second-order valence-corrected chi connectivity index (χ2v) is 7.33. The van der Waals surface area contributed by atoms with Gasteiger partial charge in [0, 0.05) is 40.8 Å². The van der Waals surface area contributed by atoms with Crippen LogP contribution < -0.4 is 10.6 Å². The van der Waals surface area contributed by atoms with Crippen molar-refractivity contribution in [3.8, 4) is 0 Å². The third-order valence-corrected chi connectivity index (χ3v) is 4.98. The Bertz CT molecular complexity index is 868. The number of aromatic amines is 1. The fourth-order valence-corrected chi connectivity index (χ4v) is 3.64. The van der Waals surface area contributed by atoms with E-state index < -0.39 is 0 Å². The van der Waals surface area contributed by atoms with Crippen LogP contribution in [0.4, 0.5) is 0 Å². The number of thiazole rings is 1. The lowest BCUT2D eigenvalue weighted by atomic mass is 10.1. The van der Waals surface area contributed by atoms with Crippen LogP contribution in [-0.4, -0.2) is 29.0 Å². The zero-order valence-corrected chi connectivity index (χ0v) is 18.6. The number of aromatic nitrogens is 2. The van der Waals surface area contributed by atoms with Crippen LogP contribution in [0.5, 0.6) is 0 Å². The average Bonchev–Trinajstić information content (AvgIpc) is 3.16. The maximum atomic E-state index is 4.64. The molecule has 3 aromatic rings. The van der Waals surface area contributed by atoms with Gasteiger partial charge in [0.1, 0.15) is 5.01 Å². The molecule has 0 saturated carbocycles. The summed E-state index contributed by atoms with van der Waals surface area (Å²) in [5, 5.41) is 9.08. The van der Waals surface area contributed by atoms with Gasteiger partial charge in [-0.25, -0.2) is 9.98 Å². The Kier molecular flexibility index (Phi) is 7.89. The van der Waals surface area contributed by atoms with Gasteiger partial charge < -0.3 is 15.6 Å². The van der Waals surface area contributed by atoms with Crippen molar-refractivity contribution in [2.24, 2.45) is 4.99 Å². The van der Waals surface area contributed by atoms with E-state index in [1.165, 1.54) is 27.0 Å². The number of para-hydroxylation sites is 1. The molecule has 0 aliphatic carbocycles. The highest BCUT2D eigenvalue weighted by Gasteiger charge is 2.08. The van der Waals surface area contributed by atoms with E-state index in [0.29, 0.717) is 6.54 Å². The highest BCUT2D eigenvalue weighted by atomic mass is 127. The molecule has 0 atom stereocenters. The van der Waals surface area contributed by atoms with Crippen LogP contribution in [-0.2, 0) is 13.0 Å². The Balaban J connectivity index is 0.00000243. The van der Waals surface area contributed by atoms with Crippen LogP contribution in [0.25, 0.3) is 10.9 Å². The Labute approximate surface area is 175 Å². The van der Waals surface area contributed by atoms with Crippen LogP contribution in [0.1, 0.15) is 28.1 Å². The molecule has 3 rings (SSSR count). The molecule has 0 amide bonds. The van der Waals surface area contributed by atoms with Crippen molar-refractivity contribution >= 4 is 52.2 Å². The minimum absolute atomic E-state index is 0. The first-order chi connectivity index (χ1) is 12.2. The van der Waals surface area contributed by atoms with E-state index in [9.17, 15) is 0 Å². The summed E-state index contributed by atoms with van der Waals surface area (Å²) >= 11 is 1.70. The molecule has 0 aliphatic rings. The maximum absolute atomic E-state index is 4.64. The van der Waals surface area contributed by atoms with Gasteiger partial charge in [0.25, 0.3) is 0 Å². The van der Waals surface area contributed by atoms with Crippen LogP contribution in [0, 0.1) is 13.8 Å². The lowest BCUT2D eigenvalue weighted by Crippen LogP contribution is -2.38. The van der Waals surface area contributed by atoms with Crippen molar-refractivity contribution in [2.75, 3.05) is 13.1 Å². The molecule has 7 heteroatoms. The predicted octanol–water partition coefficient (Wildman–Crippen LogP) is 4.16. The minimum Gasteiger partial charge on any atom is -0.358 e. The van der Waals surface area contributed by atoms with Crippen molar-refractivity contribution in [3.05, 3.63) is 51.6 Å². The first-order valence-corrected chi connectivity index (χ1v) is 9.48. The van der Waals surface area contributed by atoms with E-state index >= 15 is 0 Å². The molecule has 2 aromatic heterocycles. The number of fused-ring (bicyclic) bond motifs is 1. The van der Waals surface area contributed by atoms with Crippen molar-refractivity contribution in [2.45, 2.75) is 33.7 Å². The Morgan fingerprint density at radius 1 is 1.23 bits per heavy atom. The number of hydrogen-bond donors (Lipinski definition) is 3. The third kappa shape index (κ3) is 5.20. The molecular formula is C19H26IN5S. The molecule has 0 radical (unpaired) electrons. The van der Waals surface area contributed by atoms with E-state index in [-0.39, 0.29) is 24.0 Å². The van der Waals surface area contributed by atoms with Gasteiger partial charge in [-0.2, -0.15) is 0 Å². The smallest absolute Gasteiger partial charge is 0.191 e. The van der Waals surface area contributed by atoms with Crippen LogP contribution in [0.2, 0.25) is 0 Å². The molecule has 0 unspecified atom stereocenters. The van der Waals surface area contributed by atoms with Crippen LogP contribution in [0.15, 0.2) is 35.5 Å². The van der Waals surface area contributed by atoms with Crippen molar-refractivity contribution < 1.29 is 0 Å². The molecule has 0 aliphatic heterocycles. The number of benzene rings is 1. The number of hydrogen-bond acceptors (Lipinski definition) is 3. The van der Waals surface area contributed by atoms with Gasteiger partial charge in [-0.3, -0.25) is 0 Å². The van der Waals surface area contributed by atoms with Gasteiger partial charge >= 0.3 is 0 Å². The normalized spacial score (nSPS) is 11.4. The summed E-state index contributed by atoms with van der Waals surface area (Å²) in [6, 6.07) is 8.46. The van der Waals surface area contributed by atoms with Crippen molar-refractivity contribution in [3.63, 3.8) is 0 Å². The summed E-state index contributed by atoms with van der Waals surface area (Å²) in [4.78, 5) is 13.7. The first-order valence-electron chi connectivity index (χ1n) is 8.67. The fraction of sp³-hybridized carbons (Fsp3) is 0.368. The van der Waals surface area contributed by atoms with Gasteiger partial charge in [-0.05, 0) is 38.8 Å². The summed E-state index contributed by atoms with van der Waals surface area (Å²) in [7, 11) is 0. The summed E-state index contributed by atoms with van der Waals surface area (Å²) in [6.07, 6.45) is 2.85. The topological polar surface area (TPSA) is 65.1 Å². The monoisotopic (exact) mass is 483 g/mol. The van der Waals surface area contributed by atoms with Gasteiger partial charge in [0.2, 0.25) is 0 Å². The first kappa shape index (κ1) is 20.7. The maximum Gasteiger partial charge on any atom is 0.191 e. The summed E-state index contributed by atoms with van der Waals surface area (Å²) in [5.74, 6) is 0.841. The minimum atomic E-state index is 0. The Morgan fingerprint density at radius 3 is 2.77 bits per heavy atom.